The van der Waals surface area contributed by atoms with Crippen LogP contribution in [0.2, 0.25) is 0 Å². The molecule has 1 amide bonds. The number of anilines is 1. The molecule has 1 aromatic carbocycles. The van der Waals surface area contributed by atoms with Crippen molar-refractivity contribution in [2.24, 2.45) is 11.7 Å². The normalized spacial score (nSPS) is 14.0. The van der Waals surface area contributed by atoms with E-state index in [1.54, 1.807) is 29.2 Å². The Morgan fingerprint density at radius 3 is 2.61 bits per heavy atom. The number of likely N-dealkylation sites (N-methyl/N-ethyl adjacent to an activating group) is 1. The number of rotatable bonds is 5. The molecule has 18 heavy (non-hydrogen) atoms. The van der Waals surface area contributed by atoms with Crippen molar-refractivity contribution in [3.63, 3.8) is 0 Å². The largest absolute Gasteiger partial charge is 0.508 e. The number of carbonyl (C=O) groups is 1. The Hall–Kier alpha value is -1.55. The second kappa shape index (κ2) is 6.40. The van der Waals surface area contributed by atoms with Crippen LogP contribution in [0.15, 0.2) is 24.3 Å². The van der Waals surface area contributed by atoms with Crippen molar-refractivity contribution in [1.29, 1.82) is 0 Å². The monoisotopic (exact) mass is 250 g/mol. The van der Waals surface area contributed by atoms with Crippen molar-refractivity contribution >= 4 is 11.6 Å². The van der Waals surface area contributed by atoms with E-state index in [4.69, 9.17) is 5.73 Å². The van der Waals surface area contributed by atoms with Crippen molar-refractivity contribution in [3.8, 4) is 5.75 Å². The zero-order valence-electron chi connectivity index (χ0n) is 11.3. The molecule has 2 atom stereocenters. The van der Waals surface area contributed by atoms with Crippen LogP contribution in [0.3, 0.4) is 0 Å². The molecule has 1 unspecified atom stereocenters. The molecule has 0 heterocycles. The summed E-state index contributed by atoms with van der Waals surface area (Å²) in [7, 11) is 0. The van der Waals surface area contributed by atoms with E-state index in [-0.39, 0.29) is 17.6 Å². The lowest BCUT2D eigenvalue weighted by atomic mass is 9.98. The first kappa shape index (κ1) is 14.5. The Labute approximate surface area is 108 Å². The number of hydrogen-bond acceptors (Lipinski definition) is 3. The number of phenolic OH excluding ortho intramolecular Hbond substituents is 1. The summed E-state index contributed by atoms with van der Waals surface area (Å²) < 4.78 is 0. The third-order valence-electron chi connectivity index (χ3n) is 3.27. The predicted octanol–water partition coefficient (Wildman–Crippen LogP) is 2.12. The average Bonchev–Trinajstić information content (AvgIpc) is 2.37. The molecule has 1 rings (SSSR count). The summed E-state index contributed by atoms with van der Waals surface area (Å²) in [5.41, 5.74) is 6.65. The molecular formula is C14H22N2O2. The summed E-state index contributed by atoms with van der Waals surface area (Å²) >= 11 is 0. The van der Waals surface area contributed by atoms with Crippen molar-refractivity contribution < 1.29 is 9.90 Å². The van der Waals surface area contributed by atoms with Gasteiger partial charge in [0, 0.05) is 18.3 Å². The van der Waals surface area contributed by atoms with Crippen molar-refractivity contribution in [3.05, 3.63) is 24.3 Å². The Morgan fingerprint density at radius 1 is 1.44 bits per heavy atom. The molecule has 0 saturated heterocycles. The molecule has 0 aliphatic heterocycles. The zero-order chi connectivity index (χ0) is 13.7. The summed E-state index contributed by atoms with van der Waals surface area (Å²) in [6.07, 6.45) is 0.866. The van der Waals surface area contributed by atoms with Crippen LogP contribution in [-0.4, -0.2) is 23.6 Å². The molecular weight excluding hydrogens is 228 g/mol. The number of amides is 1. The smallest absolute Gasteiger partial charge is 0.244 e. The number of benzene rings is 1. The Kier molecular flexibility index (Phi) is 5.16. The fourth-order valence-electron chi connectivity index (χ4n) is 1.80. The fraction of sp³-hybridized carbons (Fsp3) is 0.500. The summed E-state index contributed by atoms with van der Waals surface area (Å²) in [5.74, 6) is 0.192. The van der Waals surface area contributed by atoms with E-state index in [0.717, 1.165) is 6.42 Å². The van der Waals surface area contributed by atoms with Gasteiger partial charge in [-0.3, -0.25) is 4.79 Å². The van der Waals surface area contributed by atoms with Gasteiger partial charge in [0.25, 0.3) is 0 Å². The van der Waals surface area contributed by atoms with Gasteiger partial charge in [0.15, 0.2) is 0 Å². The van der Waals surface area contributed by atoms with Crippen LogP contribution in [0.5, 0.6) is 5.75 Å². The summed E-state index contributed by atoms with van der Waals surface area (Å²) in [5, 5.41) is 9.46. The molecule has 0 aliphatic carbocycles. The van der Waals surface area contributed by atoms with Gasteiger partial charge in [-0.05, 0) is 25.0 Å². The van der Waals surface area contributed by atoms with Crippen molar-refractivity contribution in [2.75, 3.05) is 11.4 Å². The number of nitrogens with two attached hydrogens (primary N) is 1. The molecule has 1 aromatic rings. The standard InChI is InChI=1S/C14H22N2O2/c1-4-10(3)13(15)14(18)16(5-2)11-7-6-8-12(17)9-11/h6-10,13,17H,4-5,15H2,1-3H3/t10?,13-/m0/s1. The van der Waals surface area contributed by atoms with E-state index in [1.807, 2.05) is 20.8 Å². The minimum absolute atomic E-state index is 0.0996. The molecule has 4 heteroatoms. The summed E-state index contributed by atoms with van der Waals surface area (Å²) in [6.45, 7) is 6.42. The van der Waals surface area contributed by atoms with Gasteiger partial charge in [0.05, 0.1) is 6.04 Å². The highest BCUT2D eigenvalue weighted by Gasteiger charge is 2.25. The van der Waals surface area contributed by atoms with E-state index in [0.29, 0.717) is 12.2 Å². The predicted molar refractivity (Wildman–Crippen MR) is 73.6 cm³/mol. The molecule has 0 spiro atoms. The van der Waals surface area contributed by atoms with Gasteiger partial charge >= 0.3 is 0 Å². The van der Waals surface area contributed by atoms with Gasteiger partial charge in [-0.25, -0.2) is 0 Å². The average molecular weight is 250 g/mol. The topological polar surface area (TPSA) is 66.6 Å². The lowest BCUT2D eigenvalue weighted by molar-refractivity contribution is -0.120. The van der Waals surface area contributed by atoms with Crippen LogP contribution < -0.4 is 10.6 Å². The van der Waals surface area contributed by atoms with Crippen LogP contribution in [0.1, 0.15) is 27.2 Å². The molecule has 0 saturated carbocycles. The number of hydrogen-bond donors (Lipinski definition) is 2. The van der Waals surface area contributed by atoms with Gasteiger partial charge in [0.1, 0.15) is 5.75 Å². The van der Waals surface area contributed by atoms with Gasteiger partial charge in [-0.2, -0.15) is 0 Å². The van der Waals surface area contributed by atoms with Gasteiger partial charge < -0.3 is 15.7 Å². The van der Waals surface area contributed by atoms with E-state index in [2.05, 4.69) is 0 Å². The lowest BCUT2D eigenvalue weighted by Gasteiger charge is -2.27. The molecule has 4 nitrogen and oxygen atoms in total. The molecule has 0 aromatic heterocycles. The molecule has 100 valence electrons. The first-order valence-corrected chi connectivity index (χ1v) is 6.37. The third-order valence-corrected chi connectivity index (χ3v) is 3.27. The Morgan fingerprint density at radius 2 is 2.11 bits per heavy atom. The number of nitrogens with zero attached hydrogens (tertiary/aromatic N) is 1. The van der Waals surface area contributed by atoms with Gasteiger partial charge in [-0.1, -0.05) is 26.3 Å². The van der Waals surface area contributed by atoms with Crippen LogP contribution in [0.4, 0.5) is 5.69 Å². The Balaban J connectivity index is 2.93. The van der Waals surface area contributed by atoms with Crippen LogP contribution in [0.25, 0.3) is 0 Å². The molecule has 0 fully saturated rings. The van der Waals surface area contributed by atoms with Crippen molar-refractivity contribution in [2.45, 2.75) is 33.2 Å². The van der Waals surface area contributed by atoms with Crippen LogP contribution in [0, 0.1) is 5.92 Å². The van der Waals surface area contributed by atoms with Crippen LogP contribution >= 0.6 is 0 Å². The number of phenols is 1. The minimum Gasteiger partial charge on any atom is -0.508 e. The van der Waals surface area contributed by atoms with Crippen LogP contribution in [-0.2, 0) is 4.79 Å². The second-order valence-corrected chi connectivity index (χ2v) is 4.51. The number of aromatic hydroxyl groups is 1. The molecule has 0 radical (unpaired) electrons. The minimum atomic E-state index is -0.503. The van der Waals surface area contributed by atoms with Crippen molar-refractivity contribution in [1.82, 2.24) is 0 Å². The van der Waals surface area contributed by atoms with E-state index >= 15 is 0 Å². The summed E-state index contributed by atoms with van der Waals surface area (Å²) in [4.78, 5) is 13.9. The highest BCUT2D eigenvalue weighted by molar-refractivity contribution is 5.97. The fourth-order valence-corrected chi connectivity index (χ4v) is 1.80. The lowest BCUT2D eigenvalue weighted by Crippen LogP contribution is -2.47. The van der Waals surface area contributed by atoms with E-state index < -0.39 is 6.04 Å². The zero-order valence-corrected chi connectivity index (χ0v) is 11.3. The highest BCUT2D eigenvalue weighted by Crippen LogP contribution is 2.21. The number of carbonyl (C=O) groups excluding carboxylic acids is 1. The molecule has 0 aliphatic rings. The first-order valence-electron chi connectivity index (χ1n) is 6.37. The van der Waals surface area contributed by atoms with Gasteiger partial charge in [0.2, 0.25) is 5.91 Å². The highest BCUT2D eigenvalue weighted by atomic mass is 16.3. The SMILES string of the molecule is CCC(C)[C@H](N)C(=O)N(CC)c1cccc(O)c1. The second-order valence-electron chi connectivity index (χ2n) is 4.51. The first-order chi connectivity index (χ1) is 8.51. The quantitative estimate of drug-likeness (QED) is 0.841. The molecule has 0 bridgehead atoms. The maximum absolute atomic E-state index is 12.3. The van der Waals surface area contributed by atoms with E-state index in [1.165, 1.54) is 0 Å². The third kappa shape index (κ3) is 3.23. The molecule has 3 N–H and O–H groups in total. The maximum Gasteiger partial charge on any atom is 0.244 e. The maximum atomic E-state index is 12.3. The van der Waals surface area contributed by atoms with Gasteiger partial charge in [-0.15, -0.1) is 0 Å². The van der Waals surface area contributed by atoms with E-state index in [9.17, 15) is 9.90 Å². The Bertz CT molecular complexity index is 407. The summed E-state index contributed by atoms with van der Waals surface area (Å²) in [6, 6.07) is 6.17.